The maximum absolute atomic E-state index is 12.8. The first-order chi connectivity index (χ1) is 19.2. The minimum absolute atomic E-state index is 0.0693. The van der Waals surface area contributed by atoms with Gasteiger partial charge in [0, 0.05) is 63.1 Å². The number of hydrogen-bond acceptors (Lipinski definition) is 6. The summed E-state index contributed by atoms with van der Waals surface area (Å²) < 4.78 is 46.8. The highest BCUT2D eigenvalue weighted by atomic mass is 19.4. The van der Waals surface area contributed by atoms with E-state index >= 15 is 0 Å². The van der Waals surface area contributed by atoms with E-state index in [0.717, 1.165) is 75.9 Å². The van der Waals surface area contributed by atoms with Crippen molar-refractivity contribution in [2.75, 3.05) is 59.0 Å². The number of carbonyl (C=O) groups excluding carboxylic acids is 2. The highest BCUT2D eigenvalue weighted by Gasteiger charge is 2.31. The highest BCUT2D eigenvalue weighted by Crippen LogP contribution is 2.25. The summed E-state index contributed by atoms with van der Waals surface area (Å²) in [5.74, 6) is -0.416. The maximum Gasteiger partial charge on any atom is 0.573 e. The Morgan fingerprint density at radius 2 is 1.90 bits per heavy atom. The molecule has 1 aromatic carbocycles. The monoisotopic (exact) mass is 562 g/mol. The summed E-state index contributed by atoms with van der Waals surface area (Å²) in [4.78, 5) is 29.6. The van der Waals surface area contributed by atoms with Gasteiger partial charge in [0.15, 0.2) is 0 Å². The molecule has 0 radical (unpaired) electrons. The lowest BCUT2D eigenvalue weighted by molar-refractivity contribution is -0.274. The van der Waals surface area contributed by atoms with E-state index in [4.69, 9.17) is 4.74 Å². The van der Waals surface area contributed by atoms with Gasteiger partial charge in [0.25, 0.3) is 11.8 Å². The van der Waals surface area contributed by atoms with Crippen molar-refractivity contribution < 1.29 is 32.2 Å². The normalized spacial score (nSPS) is 20.1. The number of ether oxygens (including phenoxy) is 2. The molecule has 1 aromatic rings. The van der Waals surface area contributed by atoms with E-state index in [2.05, 4.69) is 26.3 Å². The van der Waals surface area contributed by atoms with Crippen molar-refractivity contribution in [3.63, 3.8) is 0 Å². The Bertz CT molecular complexity index is 1130. The van der Waals surface area contributed by atoms with Gasteiger partial charge in [-0.2, -0.15) is 0 Å². The lowest BCUT2D eigenvalue weighted by atomic mass is 9.94. The molecule has 8 nitrogen and oxygen atoms in total. The number of rotatable bonds is 9. The number of hydrogen-bond donors (Lipinski definition) is 2. The predicted octanol–water partition coefficient (Wildman–Crippen LogP) is 3.64. The Morgan fingerprint density at radius 3 is 2.62 bits per heavy atom. The molecule has 2 fully saturated rings. The number of allylic oxidation sites excluding steroid dienone is 3. The molecule has 2 aliphatic heterocycles. The smallest absolute Gasteiger partial charge is 0.406 e. The summed E-state index contributed by atoms with van der Waals surface area (Å²) in [5, 5.41) is 6.41. The molecule has 4 rings (SSSR count). The summed E-state index contributed by atoms with van der Waals surface area (Å²) >= 11 is 0. The third-order valence-electron chi connectivity index (χ3n) is 7.37. The molecule has 0 bridgehead atoms. The van der Waals surface area contributed by atoms with Gasteiger partial charge in [0.2, 0.25) is 0 Å². The van der Waals surface area contributed by atoms with E-state index in [1.807, 2.05) is 19.2 Å². The van der Waals surface area contributed by atoms with Crippen LogP contribution in [0.3, 0.4) is 0 Å². The second-order valence-corrected chi connectivity index (χ2v) is 10.3. The fraction of sp³-hybridized carbons (Fsp3) is 0.517. The molecule has 0 unspecified atom stereocenters. The largest absolute Gasteiger partial charge is 0.573 e. The zero-order chi connectivity index (χ0) is 28.5. The van der Waals surface area contributed by atoms with Crippen LogP contribution in [-0.4, -0.2) is 87.0 Å². The molecule has 0 saturated carbocycles. The summed E-state index contributed by atoms with van der Waals surface area (Å²) in [6, 6.07) is 5.19. The van der Waals surface area contributed by atoms with E-state index in [0.29, 0.717) is 31.1 Å². The van der Waals surface area contributed by atoms with Gasteiger partial charge in [0.05, 0.1) is 13.2 Å². The number of amides is 2. The van der Waals surface area contributed by atoms with Crippen LogP contribution in [0.2, 0.25) is 0 Å². The Labute approximate surface area is 232 Å². The van der Waals surface area contributed by atoms with Gasteiger partial charge in [-0.05, 0) is 67.5 Å². The van der Waals surface area contributed by atoms with Crippen molar-refractivity contribution in [3.05, 3.63) is 64.9 Å². The highest BCUT2D eigenvalue weighted by molar-refractivity contribution is 5.98. The summed E-state index contributed by atoms with van der Waals surface area (Å²) in [7, 11) is 0. The molecular weight excluding hydrogens is 525 g/mol. The quantitative estimate of drug-likeness (QED) is 0.479. The van der Waals surface area contributed by atoms with Gasteiger partial charge in [0.1, 0.15) is 5.75 Å². The van der Waals surface area contributed by atoms with Gasteiger partial charge in [-0.25, -0.2) is 0 Å². The van der Waals surface area contributed by atoms with E-state index in [1.165, 1.54) is 18.2 Å². The molecule has 3 aliphatic rings. The number of nitrogens with zero attached hydrogens (tertiary/aromatic N) is 2. The van der Waals surface area contributed by atoms with Gasteiger partial charge < -0.3 is 25.0 Å². The van der Waals surface area contributed by atoms with Crippen LogP contribution in [0, 0.1) is 5.92 Å². The second-order valence-electron chi connectivity index (χ2n) is 10.3. The Kier molecular flexibility index (Phi) is 10.3. The fourth-order valence-electron chi connectivity index (χ4n) is 5.04. The lowest BCUT2D eigenvalue weighted by Gasteiger charge is -2.32. The van der Waals surface area contributed by atoms with Crippen molar-refractivity contribution in [1.82, 2.24) is 20.4 Å². The first-order valence-corrected chi connectivity index (χ1v) is 13.7. The number of piperidine rings is 1. The Hall–Kier alpha value is -3.31. The molecule has 2 heterocycles. The third-order valence-corrected chi connectivity index (χ3v) is 7.37. The predicted molar refractivity (Wildman–Crippen MR) is 145 cm³/mol. The molecule has 0 aromatic heterocycles. The zero-order valence-electron chi connectivity index (χ0n) is 22.8. The molecule has 218 valence electrons. The van der Waals surface area contributed by atoms with Crippen LogP contribution in [0.5, 0.6) is 5.75 Å². The van der Waals surface area contributed by atoms with E-state index in [-0.39, 0.29) is 17.4 Å². The van der Waals surface area contributed by atoms with Crippen molar-refractivity contribution in [2.45, 2.75) is 32.5 Å². The van der Waals surface area contributed by atoms with Gasteiger partial charge >= 0.3 is 6.36 Å². The van der Waals surface area contributed by atoms with Crippen molar-refractivity contribution in [3.8, 4) is 5.75 Å². The lowest BCUT2D eigenvalue weighted by Crippen LogP contribution is -2.41. The molecule has 2 amide bonds. The summed E-state index contributed by atoms with van der Waals surface area (Å²) in [5.41, 5.74) is 2.85. The van der Waals surface area contributed by atoms with Crippen LogP contribution < -0.4 is 15.4 Å². The van der Waals surface area contributed by atoms with Crippen LogP contribution in [-0.2, 0) is 9.53 Å². The minimum Gasteiger partial charge on any atom is -0.406 e. The Balaban J connectivity index is 1.21. The minimum atomic E-state index is -4.80. The van der Waals surface area contributed by atoms with Gasteiger partial charge in [-0.3, -0.25) is 14.5 Å². The Morgan fingerprint density at radius 1 is 1.15 bits per heavy atom. The van der Waals surface area contributed by atoms with Crippen LogP contribution in [0.15, 0.2) is 59.3 Å². The fourth-order valence-corrected chi connectivity index (χ4v) is 5.04. The van der Waals surface area contributed by atoms with E-state index in [9.17, 15) is 22.8 Å². The standard InChI is InChI=1S/C29H37F3N4O4/c1-21-5-6-23(17-26(21)27(37)34-9-12-35-13-15-39-16-14-35)20-33-19-22-7-10-36(11-8-22)28(38)24-3-2-4-25(18-24)40-29(30,31)32/h2-5,17-18,20,22,33H,6-16,19H2,1H3,(H,34,37)/b23-20+. The first-order valence-electron chi connectivity index (χ1n) is 13.7. The van der Waals surface area contributed by atoms with Crippen LogP contribution in [0.4, 0.5) is 13.2 Å². The number of benzene rings is 1. The number of likely N-dealkylation sites (tertiary alicyclic amines) is 1. The molecule has 2 N–H and O–H groups in total. The number of morpholine rings is 1. The van der Waals surface area contributed by atoms with E-state index in [1.54, 1.807) is 4.90 Å². The zero-order valence-corrected chi connectivity index (χ0v) is 22.8. The maximum atomic E-state index is 12.8. The third kappa shape index (κ3) is 8.85. The molecule has 0 atom stereocenters. The van der Waals surface area contributed by atoms with Crippen molar-refractivity contribution in [2.24, 2.45) is 5.92 Å². The molecule has 11 heteroatoms. The number of nitrogens with one attached hydrogen (secondary N) is 2. The van der Waals surface area contributed by atoms with Crippen LogP contribution in [0.1, 0.15) is 36.5 Å². The van der Waals surface area contributed by atoms with Crippen LogP contribution >= 0.6 is 0 Å². The van der Waals surface area contributed by atoms with Gasteiger partial charge in [-0.1, -0.05) is 12.1 Å². The molecular formula is C29H37F3N4O4. The molecule has 40 heavy (non-hydrogen) atoms. The van der Waals surface area contributed by atoms with Crippen molar-refractivity contribution in [1.29, 1.82) is 0 Å². The van der Waals surface area contributed by atoms with Gasteiger partial charge in [-0.15, -0.1) is 13.2 Å². The summed E-state index contributed by atoms with van der Waals surface area (Å²) in [6.45, 7) is 8.39. The number of carbonyl (C=O) groups is 2. The van der Waals surface area contributed by atoms with E-state index < -0.39 is 12.1 Å². The average molecular weight is 563 g/mol. The SMILES string of the molecule is CC1=CC/C(=C\NCC2CCN(C(=O)c3cccc(OC(F)(F)F)c3)CC2)C=C1C(=O)NCCN1CCOCC1. The second kappa shape index (κ2) is 13.8. The summed E-state index contributed by atoms with van der Waals surface area (Å²) in [6.07, 6.45) is 3.45. The van der Waals surface area contributed by atoms with Crippen molar-refractivity contribution >= 4 is 11.8 Å². The number of halogens is 3. The molecule has 1 aliphatic carbocycles. The first kappa shape index (κ1) is 29.7. The average Bonchev–Trinajstić information content (AvgIpc) is 2.93. The number of alkyl halides is 3. The molecule has 2 saturated heterocycles. The molecule has 0 spiro atoms. The van der Waals surface area contributed by atoms with Crippen LogP contribution in [0.25, 0.3) is 0 Å². The topological polar surface area (TPSA) is 83.1 Å².